The molecule has 5 rings (SSSR count). The Labute approximate surface area is 227 Å². The summed E-state index contributed by atoms with van der Waals surface area (Å²) in [5.74, 6) is 0.921. The first kappa shape index (κ1) is 26.2. The average molecular weight is 537 g/mol. The standard InChI is InChI=1S/C28H33ClN6O3/c1-28(2,3)38-27(37)33-19-8-5-13-35(16-19)23-12-9-18(14-31-23)32-24-20(26(36)17-6-4-7-17)15-30-21-10-11-22(29)34-25(21)24/h9-12,14-15,17,19H,4-8,13,16H2,1-3H3,(H,30,32)(H,33,37)/t19-/m0/s1. The van der Waals surface area contributed by atoms with E-state index in [9.17, 15) is 9.59 Å². The third-order valence-electron chi connectivity index (χ3n) is 6.90. The number of halogens is 1. The van der Waals surface area contributed by atoms with Crippen LogP contribution in [0.3, 0.4) is 0 Å². The van der Waals surface area contributed by atoms with Crippen molar-refractivity contribution in [1.29, 1.82) is 0 Å². The molecule has 9 nitrogen and oxygen atoms in total. The van der Waals surface area contributed by atoms with Crippen LogP contribution in [0.15, 0.2) is 36.7 Å². The van der Waals surface area contributed by atoms with E-state index in [-0.39, 0.29) is 17.7 Å². The third-order valence-corrected chi connectivity index (χ3v) is 7.11. The Hall–Kier alpha value is -3.46. The number of nitrogens with zero attached hydrogens (tertiary/aromatic N) is 4. The predicted molar refractivity (Wildman–Crippen MR) is 148 cm³/mol. The van der Waals surface area contributed by atoms with Gasteiger partial charge in [0.2, 0.25) is 0 Å². The molecule has 3 aromatic heterocycles. The summed E-state index contributed by atoms with van der Waals surface area (Å²) < 4.78 is 5.41. The SMILES string of the molecule is CC(C)(C)OC(=O)N[C@H]1CCCN(c2ccc(Nc3c(C(=O)C4CCC4)cnc4ccc(Cl)nc34)cn2)C1. The molecule has 2 N–H and O–H groups in total. The zero-order chi connectivity index (χ0) is 26.9. The van der Waals surface area contributed by atoms with Crippen LogP contribution < -0.4 is 15.5 Å². The van der Waals surface area contributed by atoms with Crippen molar-refractivity contribution in [1.82, 2.24) is 20.3 Å². The van der Waals surface area contributed by atoms with Gasteiger partial charge in [0.25, 0.3) is 0 Å². The molecule has 1 saturated heterocycles. The first-order valence-electron chi connectivity index (χ1n) is 13.1. The lowest BCUT2D eigenvalue weighted by molar-refractivity contribution is 0.0499. The zero-order valence-electron chi connectivity index (χ0n) is 22.0. The monoisotopic (exact) mass is 536 g/mol. The quantitative estimate of drug-likeness (QED) is 0.296. The highest BCUT2D eigenvalue weighted by molar-refractivity contribution is 6.30. The second-order valence-electron chi connectivity index (χ2n) is 11.0. The lowest BCUT2D eigenvalue weighted by Crippen LogP contribution is -2.49. The second-order valence-corrected chi connectivity index (χ2v) is 11.4. The highest BCUT2D eigenvalue weighted by Crippen LogP contribution is 2.35. The number of nitrogens with one attached hydrogen (secondary N) is 2. The molecule has 3 aromatic rings. The van der Waals surface area contributed by atoms with Gasteiger partial charge in [-0.15, -0.1) is 0 Å². The smallest absolute Gasteiger partial charge is 0.407 e. The van der Waals surface area contributed by atoms with Crippen molar-refractivity contribution >= 4 is 51.7 Å². The minimum atomic E-state index is -0.536. The van der Waals surface area contributed by atoms with Crippen molar-refractivity contribution < 1.29 is 14.3 Å². The van der Waals surface area contributed by atoms with Crippen LogP contribution in [0.25, 0.3) is 11.0 Å². The number of pyridine rings is 3. The fourth-order valence-electron chi connectivity index (χ4n) is 4.81. The van der Waals surface area contributed by atoms with E-state index in [4.69, 9.17) is 16.3 Å². The molecule has 4 heterocycles. The van der Waals surface area contributed by atoms with Gasteiger partial charge >= 0.3 is 6.09 Å². The molecule has 0 bridgehead atoms. The minimum absolute atomic E-state index is 0.0164. The molecule has 1 saturated carbocycles. The number of ketones is 1. The molecule has 1 aliphatic carbocycles. The van der Waals surface area contributed by atoms with Crippen LogP contribution in [-0.4, -0.2) is 51.6 Å². The third kappa shape index (κ3) is 5.99. The minimum Gasteiger partial charge on any atom is -0.444 e. The molecule has 10 heteroatoms. The molecule has 0 radical (unpaired) electrons. The fourth-order valence-corrected chi connectivity index (χ4v) is 4.96. The summed E-state index contributed by atoms with van der Waals surface area (Å²) in [5, 5.41) is 6.69. The second kappa shape index (κ2) is 10.7. The number of alkyl carbamates (subject to hydrolysis) is 1. The van der Waals surface area contributed by atoms with Crippen LogP contribution in [-0.2, 0) is 4.74 Å². The van der Waals surface area contributed by atoms with E-state index < -0.39 is 11.7 Å². The average Bonchev–Trinajstić information content (AvgIpc) is 2.82. The molecule has 1 amide bonds. The number of anilines is 3. The van der Waals surface area contributed by atoms with Crippen molar-refractivity contribution in [2.45, 2.75) is 64.5 Å². The van der Waals surface area contributed by atoms with Crippen LogP contribution in [0.1, 0.15) is 63.2 Å². The fraction of sp³-hybridized carbons (Fsp3) is 0.464. The van der Waals surface area contributed by atoms with Crippen molar-refractivity contribution in [2.75, 3.05) is 23.3 Å². The van der Waals surface area contributed by atoms with Crippen molar-refractivity contribution in [3.05, 3.63) is 47.4 Å². The molecule has 0 unspecified atom stereocenters. The lowest BCUT2D eigenvalue weighted by atomic mass is 9.80. The van der Waals surface area contributed by atoms with E-state index in [2.05, 4.69) is 30.5 Å². The molecule has 1 atom stereocenters. The largest absolute Gasteiger partial charge is 0.444 e. The summed E-state index contributed by atoms with van der Waals surface area (Å²) in [4.78, 5) is 41.2. The van der Waals surface area contributed by atoms with Gasteiger partial charge in [0.05, 0.1) is 28.7 Å². The summed E-state index contributed by atoms with van der Waals surface area (Å²) >= 11 is 6.20. The van der Waals surface area contributed by atoms with Crippen LogP contribution in [0, 0.1) is 5.92 Å². The number of hydrogen-bond acceptors (Lipinski definition) is 8. The number of fused-ring (bicyclic) bond motifs is 1. The zero-order valence-corrected chi connectivity index (χ0v) is 22.7. The van der Waals surface area contributed by atoms with Gasteiger partial charge in [-0.1, -0.05) is 18.0 Å². The van der Waals surface area contributed by atoms with Gasteiger partial charge in [0.15, 0.2) is 5.78 Å². The van der Waals surface area contributed by atoms with Gasteiger partial charge in [0.1, 0.15) is 22.1 Å². The summed E-state index contributed by atoms with van der Waals surface area (Å²) in [6, 6.07) is 7.34. The molecule has 1 aliphatic heterocycles. The van der Waals surface area contributed by atoms with E-state index in [0.717, 1.165) is 50.2 Å². The molecule has 0 spiro atoms. The Morgan fingerprint density at radius 3 is 2.55 bits per heavy atom. The Bertz CT molecular complexity index is 1340. The highest BCUT2D eigenvalue weighted by atomic mass is 35.5. The molecule has 38 heavy (non-hydrogen) atoms. The first-order chi connectivity index (χ1) is 18.2. The van der Waals surface area contributed by atoms with E-state index in [1.807, 2.05) is 32.9 Å². The summed E-state index contributed by atoms with van der Waals surface area (Å²) in [6.07, 6.45) is 7.66. The topological polar surface area (TPSA) is 109 Å². The van der Waals surface area contributed by atoms with E-state index in [1.165, 1.54) is 0 Å². The Morgan fingerprint density at radius 1 is 1.05 bits per heavy atom. The van der Waals surface area contributed by atoms with Gasteiger partial charge in [-0.3, -0.25) is 9.78 Å². The predicted octanol–water partition coefficient (Wildman–Crippen LogP) is 5.90. The summed E-state index contributed by atoms with van der Waals surface area (Å²) in [5.41, 5.74) is 2.52. The molecule has 0 aromatic carbocycles. The molecule has 2 aliphatic rings. The number of carbonyl (C=O) groups is 2. The van der Waals surface area contributed by atoms with E-state index in [1.54, 1.807) is 24.5 Å². The van der Waals surface area contributed by atoms with Crippen molar-refractivity contribution in [2.24, 2.45) is 5.92 Å². The van der Waals surface area contributed by atoms with Gasteiger partial charge in [-0.2, -0.15) is 0 Å². The number of piperidine rings is 1. The maximum absolute atomic E-state index is 13.2. The van der Waals surface area contributed by atoms with Gasteiger partial charge in [-0.25, -0.2) is 14.8 Å². The number of Topliss-reactive ketones (excluding diaryl/α,β-unsaturated/α-hetero) is 1. The normalized spacial score (nSPS) is 18.1. The van der Waals surface area contributed by atoms with Crippen LogP contribution in [0.4, 0.5) is 22.0 Å². The first-order valence-corrected chi connectivity index (χ1v) is 13.5. The Kier molecular flexibility index (Phi) is 7.38. The summed E-state index contributed by atoms with van der Waals surface area (Å²) in [6.45, 7) is 7.06. The number of rotatable bonds is 6. The number of ether oxygens (including phenoxy) is 1. The Balaban J connectivity index is 1.33. The number of amides is 1. The molecular formula is C28H33ClN6O3. The van der Waals surface area contributed by atoms with Crippen LogP contribution >= 0.6 is 11.6 Å². The molecular weight excluding hydrogens is 504 g/mol. The van der Waals surface area contributed by atoms with Crippen molar-refractivity contribution in [3.8, 4) is 0 Å². The van der Waals surface area contributed by atoms with E-state index in [0.29, 0.717) is 34.0 Å². The van der Waals surface area contributed by atoms with Gasteiger partial charge < -0.3 is 20.3 Å². The number of aromatic nitrogens is 3. The highest BCUT2D eigenvalue weighted by Gasteiger charge is 2.29. The molecule has 200 valence electrons. The van der Waals surface area contributed by atoms with Crippen LogP contribution in [0.2, 0.25) is 5.15 Å². The number of hydrogen-bond donors (Lipinski definition) is 2. The maximum atomic E-state index is 13.2. The van der Waals surface area contributed by atoms with Gasteiger partial charge in [0, 0.05) is 31.2 Å². The van der Waals surface area contributed by atoms with Gasteiger partial charge in [-0.05, 0) is 70.7 Å². The number of carbonyl (C=O) groups excluding carboxylic acids is 2. The van der Waals surface area contributed by atoms with Crippen molar-refractivity contribution in [3.63, 3.8) is 0 Å². The van der Waals surface area contributed by atoms with E-state index >= 15 is 0 Å². The maximum Gasteiger partial charge on any atom is 0.407 e. The summed E-state index contributed by atoms with van der Waals surface area (Å²) in [7, 11) is 0. The Morgan fingerprint density at radius 2 is 1.87 bits per heavy atom. The lowest BCUT2D eigenvalue weighted by Gasteiger charge is -2.34. The molecule has 2 fully saturated rings. The van der Waals surface area contributed by atoms with Crippen LogP contribution in [0.5, 0.6) is 0 Å².